The van der Waals surface area contributed by atoms with E-state index in [-0.39, 0.29) is 0 Å². The average Bonchev–Trinajstić information content (AvgIpc) is 2.63. The van der Waals surface area contributed by atoms with E-state index in [1.807, 2.05) is 0 Å². The van der Waals surface area contributed by atoms with Crippen molar-refractivity contribution in [1.82, 2.24) is 0 Å². The summed E-state index contributed by atoms with van der Waals surface area (Å²) in [6.45, 7) is 5.28. The molecular weight excluding hydrogens is 112 g/mol. The van der Waals surface area contributed by atoms with Gasteiger partial charge in [-0.3, -0.25) is 0 Å². The molecule has 1 atom stereocenters. The highest BCUT2D eigenvalue weighted by atomic mass is 16.5. The third-order valence-electron chi connectivity index (χ3n) is 1.87. The summed E-state index contributed by atoms with van der Waals surface area (Å²) in [5.74, 6) is 0.900. The number of rotatable bonds is 4. The molecule has 0 aliphatic heterocycles. The van der Waals surface area contributed by atoms with E-state index < -0.39 is 0 Å². The molecule has 0 aromatic carbocycles. The van der Waals surface area contributed by atoms with Gasteiger partial charge in [-0.25, -0.2) is 0 Å². The topological polar surface area (TPSA) is 9.23 Å². The summed E-state index contributed by atoms with van der Waals surface area (Å²) >= 11 is 0. The van der Waals surface area contributed by atoms with Crippen molar-refractivity contribution in [3.05, 3.63) is 0 Å². The van der Waals surface area contributed by atoms with E-state index in [0.717, 1.165) is 18.9 Å². The maximum Gasteiger partial charge on any atom is 0.0575 e. The lowest BCUT2D eigenvalue weighted by molar-refractivity contribution is 0.0517. The molecule has 1 aliphatic rings. The van der Waals surface area contributed by atoms with Crippen LogP contribution < -0.4 is 0 Å². The molecule has 1 heteroatoms. The lowest BCUT2D eigenvalue weighted by Crippen LogP contribution is -2.10. The van der Waals surface area contributed by atoms with E-state index in [1.165, 1.54) is 12.8 Å². The molecule has 1 nitrogen and oxygen atoms in total. The van der Waals surface area contributed by atoms with Gasteiger partial charge < -0.3 is 4.74 Å². The molecule has 54 valence electrons. The van der Waals surface area contributed by atoms with E-state index in [9.17, 15) is 0 Å². The zero-order valence-electron chi connectivity index (χ0n) is 6.39. The summed E-state index contributed by atoms with van der Waals surface area (Å²) in [6.07, 6.45) is 4.47. The van der Waals surface area contributed by atoms with Crippen LogP contribution in [0.2, 0.25) is 0 Å². The van der Waals surface area contributed by atoms with Crippen molar-refractivity contribution in [3.8, 4) is 0 Å². The Balaban J connectivity index is 1.96. The van der Waals surface area contributed by atoms with Gasteiger partial charge in [0.2, 0.25) is 0 Å². The van der Waals surface area contributed by atoms with Crippen molar-refractivity contribution < 1.29 is 4.74 Å². The van der Waals surface area contributed by atoms with Crippen molar-refractivity contribution in [2.75, 3.05) is 6.61 Å². The first-order chi connectivity index (χ1) is 4.34. The molecule has 0 heterocycles. The first-order valence-electron chi connectivity index (χ1n) is 3.96. The fraction of sp³-hybridized carbons (Fsp3) is 1.00. The molecule has 0 aromatic heterocycles. The number of hydrogen-bond donors (Lipinski definition) is 0. The largest absolute Gasteiger partial charge is 0.378 e. The van der Waals surface area contributed by atoms with Crippen molar-refractivity contribution in [3.63, 3.8) is 0 Å². The predicted octanol–water partition coefficient (Wildman–Crippen LogP) is 2.21. The molecule has 1 fully saturated rings. The van der Waals surface area contributed by atoms with E-state index in [0.29, 0.717) is 6.10 Å². The minimum Gasteiger partial charge on any atom is -0.378 e. The predicted molar refractivity (Wildman–Crippen MR) is 38.4 cm³/mol. The summed E-state index contributed by atoms with van der Waals surface area (Å²) in [5.41, 5.74) is 0. The standard InChI is InChI=1S/C8H16O/c1-3-6-9-7(2)8-4-5-8/h7-8H,3-6H2,1-2H3. The molecule has 1 rings (SSSR count). The molecule has 0 N–H and O–H groups in total. The van der Waals surface area contributed by atoms with E-state index in [4.69, 9.17) is 4.74 Å². The van der Waals surface area contributed by atoms with Gasteiger partial charge in [-0.2, -0.15) is 0 Å². The molecule has 1 unspecified atom stereocenters. The van der Waals surface area contributed by atoms with Crippen LogP contribution in [0, 0.1) is 5.92 Å². The van der Waals surface area contributed by atoms with Crippen LogP contribution in [0.3, 0.4) is 0 Å². The maximum absolute atomic E-state index is 5.52. The second-order valence-electron chi connectivity index (χ2n) is 2.91. The molecule has 0 spiro atoms. The van der Waals surface area contributed by atoms with Gasteiger partial charge in [0.1, 0.15) is 0 Å². The minimum atomic E-state index is 0.532. The molecule has 0 saturated heterocycles. The highest BCUT2D eigenvalue weighted by Gasteiger charge is 2.27. The number of ether oxygens (including phenoxy) is 1. The Kier molecular flexibility index (Phi) is 2.52. The van der Waals surface area contributed by atoms with E-state index in [2.05, 4.69) is 13.8 Å². The Labute approximate surface area is 57.4 Å². The van der Waals surface area contributed by atoms with Crippen LogP contribution >= 0.6 is 0 Å². The van der Waals surface area contributed by atoms with Gasteiger partial charge in [0.05, 0.1) is 6.10 Å². The molecular formula is C8H16O. The summed E-state index contributed by atoms with van der Waals surface area (Å²) in [6, 6.07) is 0. The lowest BCUT2D eigenvalue weighted by Gasteiger charge is -2.09. The van der Waals surface area contributed by atoms with Gasteiger partial charge in [-0.1, -0.05) is 6.92 Å². The lowest BCUT2D eigenvalue weighted by atomic mass is 10.3. The van der Waals surface area contributed by atoms with Gasteiger partial charge in [-0.05, 0) is 32.1 Å². The van der Waals surface area contributed by atoms with Gasteiger partial charge in [0.15, 0.2) is 0 Å². The third kappa shape index (κ3) is 2.35. The van der Waals surface area contributed by atoms with Crippen LogP contribution in [0.1, 0.15) is 33.1 Å². The minimum absolute atomic E-state index is 0.532. The molecule has 9 heavy (non-hydrogen) atoms. The first-order valence-corrected chi connectivity index (χ1v) is 3.96. The SMILES string of the molecule is CCCOC(C)C1CC1. The van der Waals surface area contributed by atoms with Crippen molar-refractivity contribution in [2.45, 2.75) is 39.2 Å². The Morgan fingerprint density at radius 1 is 1.56 bits per heavy atom. The fourth-order valence-corrected chi connectivity index (χ4v) is 1.01. The zero-order valence-corrected chi connectivity index (χ0v) is 6.39. The van der Waals surface area contributed by atoms with Crippen molar-refractivity contribution >= 4 is 0 Å². The van der Waals surface area contributed by atoms with Crippen LogP contribution in [0.5, 0.6) is 0 Å². The highest BCUT2D eigenvalue weighted by Crippen LogP contribution is 2.33. The average molecular weight is 128 g/mol. The number of hydrogen-bond acceptors (Lipinski definition) is 1. The van der Waals surface area contributed by atoms with Crippen LogP contribution in [-0.4, -0.2) is 12.7 Å². The van der Waals surface area contributed by atoms with E-state index >= 15 is 0 Å². The quantitative estimate of drug-likeness (QED) is 0.564. The molecule has 0 aromatic rings. The second-order valence-corrected chi connectivity index (χ2v) is 2.91. The second kappa shape index (κ2) is 3.21. The molecule has 0 amide bonds. The summed E-state index contributed by atoms with van der Waals surface area (Å²) < 4.78 is 5.52. The smallest absolute Gasteiger partial charge is 0.0575 e. The normalized spacial score (nSPS) is 22.0. The highest BCUT2D eigenvalue weighted by molar-refractivity contribution is 4.78. The van der Waals surface area contributed by atoms with Crippen LogP contribution in [0.4, 0.5) is 0 Å². The van der Waals surface area contributed by atoms with E-state index in [1.54, 1.807) is 0 Å². The van der Waals surface area contributed by atoms with Crippen molar-refractivity contribution in [1.29, 1.82) is 0 Å². The van der Waals surface area contributed by atoms with Gasteiger partial charge >= 0.3 is 0 Å². The van der Waals surface area contributed by atoms with Gasteiger partial charge in [0, 0.05) is 6.61 Å². The molecule has 1 aliphatic carbocycles. The Morgan fingerprint density at radius 2 is 2.22 bits per heavy atom. The molecule has 0 radical (unpaired) electrons. The summed E-state index contributed by atoms with van der Waals surface area (Å²) in [7, 11) is 0. The Bertz CT molecular complexity index is 76.6. The van der Waals surface area contributed by atoms with Gasteiger partial charge in [-0.15, -0.1) is 0 Å². The third-order valence-corrected chi connectivity index (χ3v) is 1.87. The monoisotopic (exact) mass is 128 g/mol. The Hall–Kier alpha value is -0.0400. The Morgan fingerprint density at radius 3 is 2.67 bits per heavy atom. The summed E-state index contributed by atoms with van der Waals surface area (Å²) in [5, 5.41) is 0. The van der Waals surface area contributed by atoms with Crippen molar-refractivity contribution in [2.24, 2.45) is 5.92 Å². The maximum atomic E-state index is 5.52. The fourth-order valence-electron chi connectivity index (χ4n) is 1.01. The zero-order chi connectivity index (χ0) is 6.69. The van der Waals surface area contributed by atoms with Crippen LogP contribution in [0.15, 0.2) is 0 Å². The van der Waals surface area contributed by atoms with Crippen LogP contribution in [-0.2, 0) is 4.74 Å². The first kappa shape index (κ1) is 7.07. The molecule has 0 bridgehead atoms. The summed E-state index contributed by atoms with van der Waals surface area (Å²) in [4.78, 5) is 0. The van der Waals surface area contributed by atoms with Crippen LogP contribution in [0.25, 0.3) is 0 Å². The van der Waals surface area contributed by atoms with Gasteiger partial charge in [0.25, 0.3) is 0 Å². The molecule has 1 saturated carbocycles.